The smallest absolute Gasteiger partial charge is 0.193 e. The Balaban J connectivity index is 0.00000280. The Hall–Kier alpha value is -1.37. The minimum atomic E-state index is 0. The summed E-state index contributed by atoms with van der Waals surface area (Å²) in [6, 6.07) is 9.79. The number of nitrogens with zero attached hydrogens (tertiary/aromatic N) is 3. The molecule has 0 saturated carbocycles. The molecule has 0 aliphatic carbocycles. The number of guanidine groups is 1. The number of piperidine rings is 1. The zero-order chi connectivity index (χ0) is 18.9. The molecule has 2 saturated heterocycles. The van der Waals surface area contributed by atoms with Gasteiger partial charge in [0.2, 0.25) is 0 Å². The molecular formula is C21H31IN4O2. The van der Waals surface area contributed by atoms with Gasteiger partial charge in [0, 0.05) is 33.3 Å². The predicted octanol–water partition coefficient (Wildman–Crippen LogP) is 3.30. The van der Waals surface area contributed by atoms with E-state index in [1.807, 2.05) is 31.3 Å². The lowest BCUT2D eigenvalue weighted by Crippen LogP contribution is -2.47. The highest BCUT2D eigenvalue weighted by molar-refractivity contribution is 14.0. The molecule has 0 spiro atoms. The highest BCUT2D eigenvalue weighted by atomic mass is 127. The van der Waals surface area contributed by atoms with Crippen LogP contribution in [0.15, 0.2) is 29.3 Å². The van der Waals surface area contributed by atoms with Crippen molar-refractivity contribution in [2.45, 2.75) is 50.9 Å². The number of rotatable bonds is 5. The van der Waals surface area contributed by atoms with Crippen molar-refractivity contribution in [3.05, 3.63) is 35.4 Å². The summed E-state index contributed by atoms with van der Waals surface area (Å²) < 4.78 is 11.8. The van der Waals surface area contributed by atoms with E-state index in [1.54, 1.807) is 0 Å². The van der Waals surface area contributed by atoms with Gasteiger partial charge >= 0.3 is 0 Å². The molecule has 1 N–H and O–H groups in total. The molecule has 1 aromatic rings. The number of nitrogens with one attached hydrogen (secondary N) is 1. The van der Waals surface area contributed by atoms with Crippen molar-refractivity contribution in [1.82, 2.24) is 10.2 Å². The fraction of sp³-hybridized carbons (Fsp3) is 0.619. The number of aliphatic imine (C=N–C) groups is 1. The normalized spacial score (nSPS) is 20.9. The molecule has 28 heavy (non-hydrogen) atoms. The van der Waals surface area contributed by atoms with Crippen molar-refractivity contribution < 1.29 is 9.47 Å². The first-order valence-electron chi connectivity index (χ1n) is 9.96. The molecule has 0 amide bonds. The molecule has 6 nitrogen and oxygen atoms in total. The van der Waals surface area contributed by atoms with Crippen LogP contribution in [0.4, 0.5) is 0 Å². The predicted molar refractivity (Wildman–Crippen MR) is 121 cm³/mol. The summed E-state index contributed by atoms with van der Waals surface area (Å²) in [4.78, 5) is 6.72. The van der Waals surface area contributed by atoms with E-state index in [0.29, 0.717) is 24.3 Å². The van der Waals surface area contributed by atoms with E-state index >= 15 is 0 Å². The zero-order valence-electron chi connectivity index (χ0n) is 16.6. The number of hydrogen-bond acceptors (Lipinski definition) is 4. The summed E-state index contributed by atoms with van der Waals surface area (Å²) in [7, 11) is 1.82. The van der Waals surface area contributed by atoms with Crippen molar-refractivity contribution in [3.8, 4) is 6.07 Å². The van der Waals surface area contributed by atoms with Crippen LogP contribution in [0.1, 0.15) is 43.2 Å². The molecule has 2 aliphatic rings. The van der Waals surface area contributed by atoms with Crippen LogP contribution >= 0.6 is 24.0 Å². The lowest BCUT2D eigenvalue weighted by Gasteiger charge is -2.35. The van der Waals surface area contributed by atoms with Crippen LogP contribution < -0.4 is 5.32 Å². The quantitative estimate of drug-likeness (QED) is 0.384. The van der Waals surface area contributed by atoms with Crippen molar-refractivity contribution >= 4 is 29.9 Å². The lowest BCUT2D eigenvalue weighted by molar-refractivity contribution is -0.0721. The Labute approximate surface area is 185 Å². The summed E-state index contributed by atoms with van der Waals surface area (Å²) >= 11 is 0. The van der Waals surface area contributed by atoms with E-state index in [-0.39, 0.29) is 24.0 Å². The molecule has 3 rings (SSSR count). The third kappa shape index (κ3) is 6.90. The molecule has 154 valence electrons. The second kappa shape index (κ2) is 12.2. The molecule has 0 radical (unpaired) electrons. The highest BCUT2D eigenvalue weighted by Crippen LogP contribution is 2.18. The van der Waals surface area contributed by atoms with Gasteiger partial charge in [-0.2, -0.15) is 5.26 Å². The Morgan fingerprint density at radius 3 is 2.61 bits per heavy atom. The number of likely N-dealkylation sites (tertiary alicyclic amines) is 1. The molecule has 1 unspecified atom stereocenters. The number of hydrogen-bond donors (Lipinski definition) is 1. The molecule has 0 bridgehead atoms. The maximum absolute atomic E-state index is 8.88. The van der Waals surface area contributed by atoms with Gasteiger partial charge in [-0.25, -0.2) is 0 Å². The fourth-order valence-electron chi connectivity index (χ4n) is 3.63. The summed E-state index contributed by atoms with van der Waals surface area (Å²) in [5, 5.41) is 12.3. The summed E-state index contributed by atoms with van der Waals surface area (Å²) in [6.07, 6.45) is 6.22. The standard InChI is InChI=1S/C21H30N4O2.HI/c1-23-21(24-15-18-7-5-17(14-22)6-8-18)25-11-9-19(10-12-25)27-16-20-4-2-3-13-26-20;/h5-8,19-20H,2-4,9-13,15-16H2,1H3,(H,23,24);1H. The Morgan fingerprint density at radius 2 is 2.00 bits per heavy atom. The van der Waals surface area contributed by atoms with E-state index in [1.165, 1.54) is 12.8 Å². The maximum Gasteiger partial charge on any atom is 0.193 e. The van der Waals surface area contributed by atoms with Gasteiger partial charge in [-0.05, 0) is 49.8 Å². The van der Waals surface area contributed by atoms with Gasteiger partial charge in [-0.3, -0.25) is 4.99 Å². The molecule has 7 heteroatoms. The third-order valence-electron chi connectivity index (χ3n) is 5.28. The number of halogens is 1. The summed E-state index contributed by atoms with van der Waals surface area (Å²) in [5.74, 6) is 0.924. The van der Waals surface area contributed by atoms with Crippen molar-refractivity contribution in [2.24, 2.45) is 4.99 Å². The minimum Gasteiger partial charge on any atom is -0.376 e. The minimum absolute atomic E-state index is 0. The summed E-state index contributed by atoms with van der Waals surface area (Å²) in [5.41, 5.74) is 1.82. The molecule has 2 aliphatic heterocycles. The van der Waals surface area contributed by atoms with Crippen molar-refractivity contribution in [3.63, 3.8) is 0 Å². The van der Waals surface area contributed by atoms with Gasteiger partial charge in [-0.1, -0.05) is 12.1 Å². The van der Waals surface area contributed by atoms with Gasteiger partial charge in [0.25, 0.3) is 0 Å². The van der Waals surface area contributed by atoms with Crippen LogP contribution in [0.25, 0.3) is 0 Å². The number of ether oxygens (including phenoxy) is 2. The largest absolute Gasteiger partial charge is 0.376 e. The SMILES string of the molecule is CN=C(NCc1ccc(C#N)cc1)N1CCC(OCC2CCCCO2)CC1.I. The first kappa shape index (κ1) is 22.9. The molecule has 2 heterocycles. The van der Waals surface area contributed by atoms with Gasteiger partial charge in [0.1, 0.15) is 0 Å². The van der Waals surface area contributed by atoms with E-state index < -0.39 is 0 Å². The van der Waals surface area contributed by atoms with Gasteiger partial charge in [-0.15, -0.1) is 24.0 Å². The Morgan fingerprint density at radius 1 is 1.25 bits per heavy atom. The van der Waals surface area contributed by atoms with Crippen LogP contribution in [0.2, 0.25) is 0 Å². The number of nitriles is 1. The Kier molecular flexibility index (Phi) is 10.0. The van der Waals surface area contributed by atoms with Crippen LogP contribution in [-0.2, 0) is 16.0 Å². The van der Waals surface area contributed by atoms with Crippen molar-refractivity contribution in [2.75, 3.05) is 33.4 Å². The molecule has 1 aromatic carbocycles. The monoisotopic (exact) mass is 498 g/mol. The lowest BCUT2D eigenvalue weighted by atomic mass is 10.1. The first-order chi connectivity index (χ1) is 13.3. The van der Waals surface area contributed by atoms with Gasteiger partial charge in [0.05, 0.1) is 30.4 Å². The fourth-order valence-corrected chi connectivity index (χ4v) is 3.63. The third-order valence-corrected chi connectivity index (χ3v) is 5.28. The second-order valence-electron chi connectivity index (χ2n) is 7.22. The van der Waals surface area contributed by atoms with Crippen LogP contribution in [0.5, 0.6) is 0 Å². The van der Waals surface area contributed by atoms with E-state index in [4.69, 9.17) is 14.7 Å². The highest BCUT2D eigenvalue weighted by Gasteiger charge is 2.23. The molecule has 2 fully saturated rings. The van der Waals surface area contributed by atoms with Crippen molar-refractivity contribution in [1.29, 1.82) is 5.26 Å². The average Bonchev–Trinajstić information content (AvgIpc) is 2.74. The first-order valence-corrected chi connectivity index (χ1v) is 9.96. The van der Waals surface area contributed by atoms with Crippen LogP contribution in [-0.4, -0.2) is 56.4 Å². The molecule has 1 atom stereocenters. The van der Waals surface area contributed by atoms with Gasteiger partial charge in [0.15, 0.2) is 5.96 Å². The average molecular weight is 498 g/mol. The molecular weight excluding hydrogens is 467 g/mol. The van der Waals surface area contributed by atoms with Crippen LogP contribution in [0.3, 0.4) is 0 Å². The van der Waals surface area contributed by atoms with Crippen LogP contribution in [0, 0.1) is 11.3 Å². The van der Waals surface area contributed by atoms with E-state index in [2.05, 4.69) is 21.3 Å². The van der Waals surface area contributed by atoms with E-state index in [0.717, 1.165) is 57.1 Å². The maximum atomic E-state index is 8.88. The second-order valence-corrected chi connectivity index (χ2v) is 7.22. The van der Waals surface area contributed by atoms with Gasteiger partial charge < -0.3 is 19.7 Å². The molecule has 0 aromatic heterocycles. The Bertz CT molecular complexity index is 645. The zero-order valence-corrected chi connectivity index (χ0v) is 18.9. The van der Waals surface area contributed by atoms with E-state index in [9.17, 15) is 0 Å². The summed E-state index contributed by atoms with van der Waals surface area (Å²) in [6.45, 7) is 4.21. The number of benzene rings is 1. The topological polar surface area (TPSA) is 69.9 Å².